The smallest absolute Gasteiger partial charge is 0.265 e. The Bertz CT molecular complexity index is 352. The fourth-order valence-corrected chi connectivity index (χ4v) is 1.42. The highest BCUT2D eigenvalue weighted by molar-refractivity contribution is 14.1. The van der Waals surface area contributed by atoms with Gasteiger partial charge in [-0.15, -0.1) is 0 Å². The number of aromatic nitrogens is 1. The highest BCUT2D eigenvalue weighted by atomic mass is 127. The van der Waals surface area contributed by atoms with Crippen molar-refractivity contribution in [2.45, 2.75) is 6.43 Å². The summed E-state index contributed by atoms with van der Waals surface area (Å²) in [5.74, 6) is 0. The van der Waals surface area contributed by atoms with Crippen LogP contribution in [-0.4, -0.2) is 4.98 Å². The van der Waals surface area contributed by atoms with Gasteiger partial charge in [0.2, 0.25) is 0 Å². The van der Waals surface area contributed by atoms with Gasteiger partial charge >= 0.3 is 0 Å². The molecule has 1 heterocycles. The molecule has 0 aliphatic carbocycles. The summed E-state index contributed by atoms with van der Waals surface area (Å²) >= 11 is 6.93. The van der Waals surface area contributed by atoms with Crippen LogP contribution in [0, 0.1) is 3.57 Å². The summed E-state index contributed by atoms with van der Waals surface area (Å²) in [6, 6.07) is 1.05. The van der Waals surface area contributed by atoms with Crippen LogP contribution in [0.25, 0.3) is 0 Å². The van der Waals surface area contributed by atoms with Gasteiger partial charge in [-0.2, -0.15) is 0 Å². The third kappa shape index (κ3) is 1.95. The zero-order valence-corrected chi connectivity index (χ0v) is 8.49. The van der Waals surface area contributed by atoms with Crippen LogP contribution in [0.4, 0.5) is 8.78 Å². The minimum absolute atomic E-state index is 0.0213. The summed E-state index contributed by atoms with van der Waals surface area (Å²) in [5.41, 5.74) is -0.914. The molecule has 1 rings (SSSR count). The number of rotatable bonds is 1. The van der Waals surface area contributed by atoms with Crippen LogP contribution in [0.1, 0.15) is 12.0 Å². The first-order valence-corrected chi connectivity index (χ1v) is 4.34. The molecule has 0 amide bonds. The topological polar surface area (TPSA) is 32.9 Å². The van der Waals surface area contributed by atoms with Crippen LogP contribution in [-0.2, 0) is 0 Å². The summed E-state index contributed by atoms with van der Waals surface area (Å²) in [7, 11) is 0. The SMILES string of the molecule is O=c1[nH]c(Cl)cc(C(F)F)c1I. The van der Waals surface area contributed by atoms with E-state index >= 15 is 0 Å². The fourth-order valence-electron chi connectivity index (χ4n) is 0.689. The van der Waals surface area contributed by atoms with Gasteiger partial charge in [0.25, 0.3) is 12.0 Å². The Morgan fingerprint density at radius 1 is 1.58 bits per heavy atom. The van der Waals surface area contributed by atoms with Crippen LogP contribution in [0.15, 0.2) is 10.9 Å². The number of nitrogens with one attached hydrogen (secondary N) is 1. The van der Waals surface area contributed by atoms with Crippen molar-refractivity contribution in [2.75, 3.05) is 0 Å². The summed E-state index contributed by atoms with van der Waals surface area (Å²) in [6.45, 7) is 0. The maximum Gasteiger partial charge on any atom is 0.265 e. The molecule has 0 saturated heterocycles. The zero-order chi connectivity index (χ0) is 9.30. The molecule has 1 aromatic rings. The molecular formula is C6H3ClF2INO. The van der Waals surface area contributed by atoms with Crippen molar-refractivity contribution in [1.29, 1.82) is 0 Å². The van der Waals surface area contributed by atoms with Crippen molar-refractivity contribution >= 4 is 34.2 Å². The average molecular weight is 305 g/mol. The largest absolute Gasteiger partial charge is 0.312 e. The van der Waals surface area contributed by atoms with Gasteiger partial charge in [-0.3, -0.25) is 4.79 Å². The molecule has 0 radical (unpaired) electrons. The number of hydrogen-bond donors (Lipinski definition) is 1. The lowest BCUT2D eigenvalue weighted by Gasteiger charge is -2.01. The number of H-pyrrole nitrogens is 1. The molecular weight excluding hydrogens is 302 g/mol. The van der Waals surface area contributed by atoms with E-state index in [1.165, 1.54) is 0 Å². The van der Waals surface area contributed by atoms with Gasteiger partial charge in [0.05, 0.1) is 3.57 Å². The molecule has 1 N–H and O–H groups in total. The van der Waals surface area contributed by atoms with Crippen molar-refractivity contribution in [3.05, 3.63) is 30.7 Å². The van der Waals surface area contributed by atoms with Gasteiger partial charge in [0, 0.05) is 5.56 Å². The van der Waals surface area contributed by atoms with Crippen LogP contribution in [0.2, 0.25) is 5.15 Å². The van der Waals surface area contributed by atoms with Crippen molar-refractivity contribution in [3.8, 4) is 0 Å². The molecule has 0 aliphatic rings. The molecule has 0 aliphatic heterocycles. The second kappa shape index (κ2) is 3.69. The second-order valence-corrected chi connectivity index (χ2v) is 3.50. The minimum atomic E-state index is -2.67. The molecule has 0 atom stereocenters. The highest BCUT2D eigenvalue weighted by Crippen LogP contribution is 2.23. The minimum Gasteiger partial charge on any atom is -0.312 e. The third-order valence-electron chi connectivity index (χ3n) is 1.20. The number of hydrogen-bond acceptors (Lipinski definition) is 1. The number of alkyl halides is 2. The van der Waals surface area contributed by atoms with Gasteiger partial charge in [-0.05, 0) is 28.7 Å². The lowest BCUT2D eigenvalue weighted by Crippen LogP contribution is -2.12. The molecule has 12 heavy (non-hydrogen) atoms. The van der Waals surface area contributed by atoms with Crippen LogP contribution in [0.5, 0.6) is 0 Å². The highest BCUT2D eigenvalue weighted by Gasteiger charge is 2.14. The van der Waals surface area contributed by atoms with Crippen molar-refractivity contribution in [1.82, 2.24) is 4.98 Å². The normalized spacial score (nSPS) is 10.8. The maximum absolute atomic E-state index is 12.2. The van der Waals surface area contributed by atoms with Gasteiger partial charge < -0.3 is 4.98 Å². The average Bonchev–Trinajstić information content (AvgIpc) is 1.96. The molecule has 0 unspecified atom stereocenters. The predicted octanol–water partition coefficient (Wildman–Crippen LogP) is 2.57. The van der Waals surface area contributed by atoms with Crippen LogP contribution < -0.4 is 5.56 Å². The van der Waals surface area contributed by atoms with Gasteiger partial charge in [0.15, 0.2) is 0 Å². The first-order chi connectivity index (χ1) is 5.52. The molecule has 0 aromatic carbocycles. The molecule has 6 heteroatoms. The molecule has 0 fully saturated rings. The van der Waals surface area contributed by atoms with Crippen LogP contribution >= 0.6 is 34.2 Å². The summed E-state index contributed by atoms with van der Waals surface area (Å²) in [4.78, 5) is 13.1. The Morgan fingerprint density at radius 2 is 2.17 bits per heavy atom. The third-order valence-corrected chi connectivity index (χ3v) is 2.52. The lowest BCUT2D eigenvalue weighted by atomic mass is 10.3. The van der Waals surface area contributed by atoms with E-state index in [0.29, 0.717) is 0 Å². The van der Waals surface area contributed by atoms with Crippen molar-refractivity contribution in [3.63, 3.8) is 0 Å². The Labute approximate surface area is 85.1 Å². The number of pyridine rings is 1. The summed E-state index contributed by atoms with van der Waals surface area (Å²) < 4.78 is 24.3. The first-order valence-electron chi connectivity index (χ1n) is 2.88. The van der Waals surface area contributed by atoms with E-state index in [-0.39, 0.29) is 14.3 Å². The van der Waals surface area contributed by atoms with E-state index in [0.717, 1.165) is 6.07 Å². The Kier molecular flexibility index (Phi) is 3.05. The Morgan fingerprint density at radius 3 is 2.67 bits per heavy atom. The van der Waals surface area contributed by atoms with Crippen molar-refractivity contribution in [2.24, 2.45) is 0 Å². The fraction of sp³-hybridized carbons (Fsp3) is 0.167. The van der Waals surface area contributed by atoms with E-state index in [1.807, 2.05) is 0 Å². The standard InChI is InChI=1S/C6H3ClF2INO/c7-3-1-2(5(8)9)4(10)6(12)11-3/h1,5H,(H,11,12). The molecule has 2 nitrogen and oxygen atoms in total. The number of halogens is 4. The molecule has 0 bridgehead atoms. The number of aromatic amines is 1. The van der Waals surface area contributed by atoms with Crippen LogP contribution in [0.3, 0.4) is 0 Å². The second-order valence-electron chi connectivity index (χ2n) is 2.02. The van der Waals surface area contributed by atoms with E-state index in [1.54, 1.807) is 22.6 Å². The maximum atomic E-state index is 12.2. The molecule has 0 saturated carbocycles. The lowest BCUT2D eigenvalue weighted by molar-refractivity contribution is 0.150. The van der Waals surface area contributed by atoms with E-state index in [9.17, 15) is 13.6 Å². The first kappa shape index (κ1) is 9.91. The van der Waals surface area contributed by atoms with Gasteiger partial charge in [0.1, 0.15) is 5.15 Å². The molecule has 1 aromatic heterocycles. The molecule has 66 valence electrons. The Hall–Kier alpha value is -0.170. The summed E-state index contributed by atoms with van der Waals surface area (Å²) in [5, 5.41) is -0.0734. The summed E-state index contributed by atoms with van der Waals surface area (Å²) in [6.07, 6.45) is -2.67. The Balaban J connectivity index is 3.38. The van der Waals surface area contributed by atoms with Gasteiger partial charge in [-0.25, -0.2) is 8.78 Å². The zero-order valence-electron chi connectivity index (χ0n) is 5.57. The molecule has 0 spiro atoms. The van der Waals surface area contributed by atoms with E-state index in [4.69, 9.17) is 11.6 Å². The van der Waals surface area contributed by atoms with E-state index in [2.05, 4.69) is 4.98 Å². The van der Waals surface area contributed by atoms with Gasteiger partial charge in [-0.1, -0.05) is 11.6 Å². The monoisotopic (exact) mass is 305 g/mol. The van der Waals surface area contributed by atoms with E-state index < -0.39 is 12.0 Å². The predicted molar refractivity (Wildman–Crippen MR) is 49.7 cm³/mol. The van der Waals surface area contributed by atoms with Crippen molar-refractivity contribution < 1.29 is 8.78 Å². The quantitative estimate of drug-likeness (QED) is 0.628.